The minimum Gasteiger partial charge on any atom is -0.374 e. The third-order valence-electron chi connectivity index (χ3n) is 7.68. The van der Waals surface area contributed by atoms with E-state index in [1.54, 1.807) is 6.07 Å². The topological polar surface area (TPSA) is 99.8 Å². The van der Waals surface area contributed by atoms with Gasteiger partial charge in [0.2, 0.25) is 10.0 Å². The first kappa shape index (κ1) is 22.0. The number of aliphatic hydroxyl groups excluding tert-OH is 1. The lowest BCUT2D eigenvalue weighted by atomic mass is 9.96. The Kier molecular flexibility index (Phi) is 4.86. The molecule has 2 saturated carbocycles. The lowest BCUT2D eigenvalue weighted by Crippen LogP contribution is -2.43. The highest BCUT2D eigenvalue weighted by atomic mass is 32.2. The number of nitrogens with one attached hydrogen (secondary N) is 1. The number of sulfonamides is 1. The van der Waals surface area contributed by atoms with Crippen LogP contribution in [0.25, 0.3) is 5.65 Å². The first-order valence-electron chi connectivity index (χ1n) is 12.1. The fourth-order valence-electron chi connectivity index (χ4n) is 5.82. The fraction of sp³-hybridized carbons (Fsp3) is 0.520. The van der Waals surface area contributed by atoms with Crippen LogP contribution >= 0.6 is 0 Å². The highest BCUT2D eigenvalue weighted by molar-refractivity contribution is 7.92. The maximum Gasteiger partial charge on any atom is 0.229 e. The highest BCUT2D eigenvalue weighted by Gasteiger charge is 2.63. The summed E-state index contributed by atoms with van der Waals surface area (Å²) in [5, 5.41) is 16.6. The number of fused-ring (bicyclic) bond motifs is 2. The molecule has 2 aliphatic carbocycles. The first-order valence-corrected chi connectivity index (χ1v) is 14.0. The maximum atomic E-state index is 12.0. The van der Waals surface area contributed by atoms with Crippen LogP contribution in [0.4, 0.5) is 5.69 Å². The number of piperidine rings is 1. The summed E-state index contributed by atoms with van der Waals surface area (Å²) in [5.74, 6) is 0.991. The number of aliphatic hydroxyl groups is 1. The molecular weight excluding hydrogens is 450 g/mol. The predicted molar refractivity (Wildman–Crippen MR) is 130 cm³/mol. The van der Waals surface area contributed by atoms with Crippen LogP contribution < -0.4 is 4.72 Å². The van der Waals surface area contributed by atoms with E-state index in [1.807, 2.05) is 23.6 Å². The monoisotopic (exact) mass is 481 g/mol. The van der Waals surface area contributed by atoms with Gasteiger partial charge in [-0.05, 0) is 69.6 Å². The van der Waals surface area contributed by atoms with Crippen LogP contribution in [0.5, 0.6) is 0 Å². The lowest BCUT2D eigenvalue weighted by molar-refractivity contribution is -0.0569. The quantitative estimate of drug-likeness (QED) is 0.558. The van der Waals surface area contributed by atoms with Gasteiger partial charge in [-0.2, -0.15) is 5.10 Å². The summed E-state index contributed by atoms with van der Waals surface area (Å²) in [4.78, 5) is 7.02. The summed E-state index contributed by atoms with van der Waals surface area (Å²) in [5.41, 5.74) is 5.60. The molecule has 0 spiro atoms. The smallest absolute Gasteiger partial charge is 0.229 e. The van der Waals surface area contributed by atoms with Gasteiger partial charge in [0, 0.05) is 35.5 Å². The molecular formula is C25H31N5O3S. The van der Waals surface area contributed by atoms with E-state index in [4.69, 9.17) is 10.1 Å². The number of aryl methyl sites for hydroxylation is 2. The summed E-state index contributed by atoms with van der Waals surface area (Å²) in [7, 11) is -3.48. The zero-order valence-corrected chi connectivity index (χ0v) is 20.6. The van der Waals surface area contributed by atoms with Gasteiger partial charge in [-0.1, -0.05) is 12.1 Å². The van der Waals surface area contributed by atoms with Gasteiger partial charge >= 0.3 is 0 Å². The summed E-state index contributed by atoms with van der Waals surface area (Å²) in [6, 6.07) is 9.74. The van der Waals surface area contributed by atoms with E-state index >= 15 is 0 Å². The second-order valence-electron chi connectivity index (χ2n) is 10.4. The highest BCUT2D eigenvalue weighted by Crippen LogP contribution is 2.62. The number of hydrogen-bond acceptors (Lipinski definition) is 6. The van der Waals surface area contributed by atoms with Crippen molar-refractivity contribution in [3.63, 3.8) is 0 Å². The Balaban J connectivity index is 1.40. The number of hydrogen-bond donors (Lipinski definition) is 2. The zero-order valence-electron chi connectivity index (χ0n) is 19.8. The van der Waals surface area contributed by atoms with Gasteiger partial charge in [0.1, 0.15) is 6.23 Å². The molecule has 1 aliphatic heterocycles. The summed E-state index contributed by atoms with van der Waals surface area (Å²) in [6.45, 7) is 4.70. The second-order valence-corrected chi connectivity index (χ2v) is 12.1. The number of rotatable bonds is 6. The minimum atomic E-state index is -3.48. The SMILES string of the molecule is Cc1ccc(C(O)N2CCC[C@H]3CC32c2cc3nc(C4CC4)cc(C)n3n2)c(NS(C)(=O)=O)c1. The van der Waals surface area contributed by atoms with Crippen LogP contribution in [0.2, 0.25) is 0 Å². The summed E-state index contributed by atoms with van der Waals surface area (Å²) in [6.07, 6.45) is 5.61. The van der Waals surface area contributed by atoms with Crippen molar-refractivity contribution >= 4 is 21.4 Å². The van der Waals surface area contributed by atoms with E-state index in [1.165, 1.54) is 12.8 Å². The van der Waals surface area contributed by atoms with Crippen LogP contribution in [0.15, 0.2) is 30.3 Å². The Morgan fingerprint density at radius 1 is 1.18 bits per heavy atom. The number of anilines is 1. The van der Waals surface area contributed by atoms with Crippen LogP contribution in [-0.4, -0.2) is 45.8 Å². The van der Waals surface area contributed by atoms with Crippen molar-refractivity contribution in [2.45, 2.75) is 63.6 Å². The summed E-state index contributed by atoms with van der Waals surface area (Å²) >= 11 is 0. The first-order chi connectivity index (χ1) is 16.2. The van der Waals surface area contributed by atoms with Crippen molar-refractivity contribution in [1.29, 1.82) is 0 Å². The summed E-state index contributed by atoms with van der Waals surface area (Å²) < 4.78 is 28.5. The van der Waals surface area contributed by atoms with Gasteiger partial charge in [-0.3, -0.25) is 9.62 Å². The Morgan fingerprint density at radius 3 is 2.71 bits per heavy atom. The number of likely N-dealkylation sites (tertiary alicyclic amines) is 1. The molecule has 6 rings (SSSR count). The molecule has 3 aliphatic rings. The largest absolute Gasteiger partial charge is 0.374 e. The standard InChI is InChI=1S/C25H31N5O3S/c1-15-6-9-19(21(11-15)28-34(3,32)33)24(31)29-10-4-5-18-14-25(18,29)22-13-23-26-20(17-7-8-17)12-16(2)30(23)27-22/h6,9,11-13,17-18,24,28,31H,4-5,7-8,10,14H2,1-3H3/t18-,24?,25?/m0/s1. The van der Waals surface area contributed by atoms with Crippen molar-refractivity contribution in [3.8, 4) is 0 Å². The van der Waals surface area contributed by atoms with E-state index in [-0.39, 0.29) is 5.54 Å². The molecule has 1 saturated heterocycles. The number of aromatic nitrogens is 3. The van der Waals surface area contributed by atoms with Crippen molar-refractivity contribution in [3.05, 3.63) is 58.5 Å². The van der Waals surface area contributed by atoms with Gasteiger partial charge < -0.3 is 5.11 Å². The van der Waals surface area contributed by atoms with Crippen LogP contribution in [0, 0.1) is 19.8 Å². The van der Waals surface area contributed by atoms with Crippen molar-refractivity contribution in [2.24, 2.45) is 5.92 Å². The molecule has 3 heterocycles. The van der Waals surface area contributed by atoms with Gasteiger partial charge in [-0.25, -0.2) is 17.9 Å². The van der Waals surface area contributed by atoms with E-state index < -0.39 is 16.3 Å². The Labute approximate surface area is 200 Å². The Morgan fingerprint density at radius 2 is 1.97 bits per heavy atom. The van der Waals surface area contributed by atoms with Crippen molar-refractivity contribution in [1.82, 2.24) is 19.5 Å². The Hall–Kier alpha value is -2.49. The molecule has 8 nitrogen and oxygen atoms in total. The normalized spacial score (nSPS) is 25.8. The van der Waals surface area contributed by atoms with E-state index in [2.05, 4.69) is 28.7 Å². The average Bonchev–Trinajstić information content (AvgIpc) is 3.68. The molecule has 9 heteroatoms. The van der Waals surface area contributed by atoms with Crippen LogP contribution in [-0.2, 0) is 15.6 Å². The van der Waals surface area contributed by atoms with Gasteiger partial charge in [0.25, 0.3) is 0 Å². The molecule has 2 aromatic heterocycles. The van der Waals surface area contributed by atoms with Crippen molar-refractivity contribution < 1.29 is 13.5 Å². The molecule has 34 heavy (non-hydrogen) atoms. The average molecular weight is 482 g/mol. The number of benzene rings is 1. The molecule has 1 aromatic carbocycles. The number of nitrogens with zero attached hydrogens (tertiary/aromatic N) is 4. The van der Waals surface area contributed by atoms with Gasteiger partial charge in [-0.15, -0.1) is 0 Å². The molecule has 180 valence electrons. The second kappa shape index (κ2) is 7.50. The molecule has 0 amide bonds. The molecule has 0 radical (unpaired) electrons. The predicted octanol–water partition coefficient (Wildman–Crippen LogP) is 3.60. The lowest BCUT2D eigenvalue weighted by Gasteiger charge is -2.39. The molecule has 3 atom stereocenters. The van der Waals surface area contributed by atoms with Crippen molar-refractivity contribution in [2.75, 3.05) is 17.5 Å². The zero-order chi connectivity index (χ0) is 23.8. The third kappa shape index (κ3) is 3.61. The fourth-order valence-corrected chi connectivity index (χ4v) is 6.40. The van der Waals surface area contributed by atoms with Gasteiger partial charge in [0.05, 0.1) is 23.2 Å². The van der Waals surface area contributed by atoms with Crippen LogP contribution in [0.1, 0.15) is 72.5 Å². The van der Waals surface area contributed by atoms with E-state index in [0.717, 1.165) is 60.4 Å². The molecule has 0 bridgehead atoms. The molecule has 3 aromatic rings. The Bertz CT molecular complexity index is 1400. The minimum absolute atomic E-state index is 0.356. The van der Waals surface area contributed by atoms with E-state index in [9.17, 15) is 13.5 Å². The molecule has 3 fully saturated rings. The third-order valence-corrected chi connectivity index (χ3v) is 8.27. The molecule has 2 unspecified atom stereocenters. The molecule has 2 N–H and O–H groups in total. The maximum absolute atomic E-state index is 12.0. The van der Waals surface area contributed by atoms with Crippen LogP contribution in [0.3, 0.4) is 0 Å². The van der Waals surface area contributed by atoms with Gasteiger partial charge in [0.15, 0.2) is 5.65 Å². The van der Waals surface area contributed by atoms with E-state index in [0.29, 0.717) is 23.1 Å².